The number of amides is 1. The van der Waals surface area contributed by atoms with Crippen LogP contribution in [0.2, 0.25) is 0 Å². The monoisotopic (exact) mass is 212 g/mol. The van der Waals surface area contributed by atoms with E-state index in [9.17, 15) is 4.79 Å². The Morgan fingerprint density at radius 1 is 1.27 bits per heavy atom. The molecule has 1 N–H and O–H groups in total. The highest BCUT2D eigenvalue weighted by molar-refractivity contribution is 5.77. The van der Waals surface area contributed by atoms with E-state index in [-0.39, 0.29) is 12.5 Å². The van der Waals surface area contributed by atoms with E-state index in [4.69, 9.17) is 5.11 Å². The standard InChI is InChI=1S/C11H20N2O2/c1-12-6-2-3-11(12)4-7-13(8-5-11)10(15)9-14/h14H,2-9H2,1H3. The lowest BCUT2D eigenvalue weighted by Crippen LogP contribution is -2.52. The van der Waals surface area contributed by atoms with Crippen molar-refractivity contribution in [3.8, 4) is 0 Å². The number of aliphatic hydroxyl groups excluding tert-OH is 1. The lowest BCUT2D eigenvalue weighted by molar-refractivity contribution is -0.136. The molecule has 2 saturated heterocycles. The molecule has 0 aromatic heterocycles. The molecule has 0 bridgehead atoms. The van der Waals surface area contributed by atoms with Crippen LogP contribution in [-0.2, 0) is 4.79 Å². The molecule has 1 amide bonds. The van der Waals surface area contributed by atoms with E-state index in [0.717, 1.165) is 25.9 Å². The summed E-state index contributed by atoms with van der Waals surface area (Å²) in [5.74, 6) is -0.120. The van der Waals surface area contributed by atoms with Crippen LogP contribution in [0.5, 0.6) is 0 Å². The minimum Gasteiger partial charge on any atom is -0.387 e. The van der Waals surface area contributed by atoms with Crippen LogP contribution in [0.25, 0.3) is 0 Å². The van der Waals surface area contributed by atoms with E-state index in [1.807, 2.05) is 0 Å². The third kappa shape index (κ3) is 1.88. The van der Waals surface area contributed by atoms with Crippen LogP contribution in [0.1, 0.15) is 25.7 Å². The summed E-state index contributed by atoms with van der Waals surface area (Å²) in [6.07, 6.45) is 4.68. The molecular formula is C11H20N2O2. The Balaban J connectivity index is 1.94. The van der Waals surface area contributed by atoms with Crippen LogP contribution in [0.4, 0.5) is 0 Å². The highest BCUT2D eigenvalue weighted by Gasteiger charge is 2.41. The number of carbonyl (C=O) groups excluding carboxylic acids is 1. The molecule has 15 heavy (non-hydrogen) atoms. The normalized spacial score (nSPS) is 26.1. The van der Waals surface area contributed by atoms with E-state index >= 15 is 0 Å². The van der Waals surface area contributed by atoms with Crippen LogP contribution in [-0.4, -0.2) is 59.6 Å². The van der Waals surface area contributed by atoms with Crippen molar-refractivity contribution >= 4 is 5.91 Å². The van der Waals surface area contributed by atoms with Gasteiger partial charge in [-0.05, 0) is 39.3 Å². The zero-order valence-electron chi connectivity index (χ0n) is 9.41. The van der Waals surface area contributed by atoms with Gasteiger partial charge in [-0.25, -0.2) is 0 Å². The summed E-state index contributed by atoms with van der Waals surface area (Å²) >= 11 is 0. The van der Waals surface area contributed by atoms with Crippen molar-refractivity contribution in [3.05, 3.63) is 0 Å². The van der Waals surface area contributed by atoms with E-state index in [1.165, 1.54) is 19.4 Å². The number of piperidine rings is 1. The van der Waals surface area contributed by atoms with Crippen LogP contribution in [0.3, 0.4) is 0 Å². The first-order valence-corrected chi connectivity index (χ1v) is 5.78. The van der Waals surface area contributed by atoms with Gasteiger partial charge in [0.1, 0.15) is 6.61 Å². The fourth-order valence-electron chi connectivity index (χ4n) is 2.98. The Labute approximate surface area is 90.9 Å². The van der Waals surface area contributed by atoms with E-state index < -0.39 is 0 Å². The van der Waals surface area contributed by atoms with E-state index in [1.54, 1.807) is 4.90 Å². The maximum absolute atomic E-state index is 11.3. The van der Waals surface area contributed by atoms with Crippen molar-refractivity contribution in [3.63, 3.8) is 0 Å². The molecule has 0 atom stereocenters. The predicted molar refractivity (Wildman–Crippen MR) is 57.5 cm³/mol. The SMILES string of the molecule is CN1CCCC12CCN(C(=O)CO)CC2. The first-order chi connectivity index (χ1) is 7.18. The molecule has 2 aliphatic rings. The van der Waals surface area contributed by atoms with E-state index in [0.29, 0.717) is 5.54 Å². The number of aliphatic hydroxyl groups is 1. The fraction of sp³-hybridized carbons (Fsp3) is 0.909. The lowest BCUT2D eigenvalue weighted by atomic mass is 9.85. The van der Waals surface area contributed by atoms with Crippen molar-refractivity contribution in [2.75, 3.05) is 33.3 Å². The third-order valence-corrected chi connectivity index (χ3v) is 4.13. The molecule has 4 heteroatoms. The summed E-state index contributed by atoms with van der Waals surface area (Å²) in [6.45, 7) is 2.46. The number of hydrogen-bond donors (Lipinski definition) is 1. The van der Waals surface area contributed by atoms with Crippen LogP contribution in [0.15, 0.2) is 0 Å². The smallest absolute Gasteiger partial charge is 0.248 e. The van der Waals surface area contributed by atoms with Gasteiger partial charge in [0.2, 0.25) is 5.91 Å². The highest BCUT2D eigenvalue weighted by Crippen LogP contribution is 2.36. The van der Waals surface area contributed by atoms with Gasteiger partial charge in [-0.15, -0.1) is 0 Å². The van der Waals surface area contributed by atoms with Gasteiger partial charge in [0.25, 0.3) is 0 Å². The Morgan fingerprint density at radius 2 is 1.93 bits per heavy atom. The zero-order valence-corrected chi connectivity index (χ0v) is 9.41. The van der Waals surface area contributed by atoms with Crippen molar-refractivity contribution in [2.24, 2.45) is 0 Å². The summed E-state index contributed by atoms with van der Waals surface area (Å²) in [5.41, 5.74) is 0.353. The minimum atomic E-state index is -0.344. The van der Waals surface area contributed by atoms with Crippen LogP contribution >= 0.6 is 0 Å². The number of likely N-dealkylation sites (tertiary alicyclic amines) is 2. The molecule has 86 valence electrons. The van der Waals surface area contributed by atoms with Gasteiger partial charge in [0.05, 0.1) is 0 Å². The summed E-state index contributed by atoms with van der Waals surface area (Å²) < 4.78 is 0. The topological polar surface area (TPSA) is 43.8 Å². The number of rotatable bonds is 1. The average molecular weight is 212 g/mol. The molecule has 4 nitrogen and oxygen atoms in total. The quantitative estimate of drug-likeness (QED) is 0.668. The summed E-state index contributed by atoms with van der Waals surface area (Å²) in [6, 6.07) is 0. The second-order valence-corrected chi connectivity index (χ2v) is 4.79. The largest absolute Gasteiger partial charge is 0.387 e. The van der Waals surface area contributed by atoms with Crippen LogP contribution in [0, 0.1) is 0 Å². The molecule has 2 fully saturated rings. The molecule has 2 heterocycles. The summed E-state index contributed by atoms with van der Waals surface area (Å²) in [4.78, 5) is 15.6. The second-order valence-electron chi connectivity index (χ2n) is 4.79. The average Bonchev–Trinajstić information content (AvgIpc) is 2.61. The van der Waals surface area contributed by atoms with Crippen molar-refractivity contribution < 1.29 is 9.90 Å². The van der Waals surface area contributed by atoms with Gasteiger partial charge in [-0.1, -0.05) is 0 Å². The minimum absolute atomic E-state index is 0.120. The molecule has 0 aromatic carbocycles. The lowest BCUT2D eigenvalue weighted by Gasteiger charge is -2.43. The second kappa shape index (κ2) is 4.10. The molecule has 0 unspecified atom stereocenters. The van der Waals surface area contributed by atoms with Crippen molar-refractivity contribution in [1.82, 2.24) is 9.80 Å². The van der Waals surface area contributed by atoms with E-state index in [2.05, 4.69) is 11.9 Å². The molecular weight excluding hydrogens is 192 g/mol. The highest BCUT2D eigenvalue weighted by atomic mass is 16.3. The molecule has 0 aromatic rings. The van der Waals surface area contributed by atoms with Gasteiger partial charge in [0.15, 0.2) is 0 Å². The predicted octanol–water partition coefficient (Wildman–Crippen LogP) is 0.0655. The van der Waals surface area contributed by atoms with Crippen molar-refractivity contribution in [2.45, 2.75) is 31.2 Å². The zero-order chi connectivity index (χ0) is 10.9. The number of carbonyl (C=O) groups is 1. The Kier molecular flexibility index (Phi) is 2.98. The molecule has 0 radical (unpaired) electrons. The van der Waals surface area contributed by atoms with Gasteiger partial charge >= 0.3 is 0 Å². The molecule has 2 rings (SSSR count). The first kappa shape index (κ1) is 10.9. The maximum Gasteiger partial charge on any atom is 0.248 e. The maximum atomic E-state index is 11.3. The molecule has 0 aliphatic carbocycles. The van der Waals surface area contributed by atoms with Crippen molar-refractivity contribution in [1.29, 1.82) is 0 Å². The summed E-state index contributed by atoms with van der Waals surface area (Å²) in [7, 11) is 2.19. The van der Waals surface area contributed by atoms with Gasteiger partial charge < -0.3 is 14.9 Å². The Morgan fingerprint density at radius 3 is 2.40 bits per heavy atom. The van der Waals surface area contributed by atoms with Gasteiger partial charge in [-0.3, -0.25) is 4.79 Å². The molecule has 1 spiro atoms. The number of nitrogens with zero attached hydrogens (tertiary/aromatic N) is 2. The fourth-order valence-corrected chi connectivity index (χ4v) is 2.98. The molecule has 2 aliphatic heterocycles. The van der Waals surface area contributed by atoms with Gasteiger partial charge in [0, 0.05) is 18.6 Å². The van der Waals surface area contributed by atoms with Crippen LogP contribution < -0.4 is 0 Å². The Hall–Kier alpha value is -0.610. The van der Waals surface area contributed by atoms with Gasteiger partial charge in [-0.2, -0.15) is 0 Å². The molecule has 0 saturated carbocycles. The third-order valence-electron chi connectivity index (χ3n) is 4.13. The first-order valence-electron chi connectivity index (χ1n) is 5.78. The Bertz CT molecular complexity index is 247. The summed E-state index contributed by atoms with van der Waals surface area (Å²) in [5, 5.41) is 8.79. The number of hydrogen-bond acceptors (Lipinski definition) is 3.